The van der Waals surface area contributed by atoms with E-state index in [1.165, 1.54) is 4.90 Å². The predicted octanol–water partition coefficient (Wildman–Crippen LogP) is 1.60. The van der Waals surface area contributed by atoms with E-state index in [-0.39, 0.29) is 18.4 Å². The lowest BCUT2D eigenvalue weighted by Gasteiger charge is -2.36. The number of para-hydroxylation sites is 1. The number of piperazine rings is 1. The van der Waals surface area contributed by atoms with Crippen LogP contribution in [-0.2, 0) is 9.59 Å². The average molecular weight is 437 g/mol. The van der Waals surface area contributed by atoms with Gasteiger partial charge in [0, 0.05) is 44.4 Å². The number of aliphatic hydroxyl groups excluding tert-OH is 1. The summed E-state index contributed by atoms with van der Waals surface area (Å²) >= 11 is 0. The summed E-state index contributed by atoms with van der Waals surface area (Å²) in [7, 11) is 3.09. The standard InChI is InChI=1S/C24H27N3O5/c1-31-18-7-5-6-17(16-18)27-23(29)21(19-8-3-4-9-20(19)32-2)22(24(27)30)26-12-10-25(11-13-26)14-15-28/h3-9,16,28H,10-15H2,1-2H3. The molecule has 0 saturated carbocycles. The summed E-state index contributed by atoms with van der Waals surface area (Å²) in [5.41, 5.74) is 1.77. The molecule has 0 atom stereocenters. The summed E-state index contributed by atoms with van der Waals surface area (Å²) in [6.07, 6.45) is 0. The van der Waals surface area contributed by atoms with E-state index in [1.807, 2.05) is 17.0 Å². The van der Waals surface area contributed by atoms with Crippen LogP contribution in [0.1, 0.15) is 5.56 Å². The molecule has 2 aliphatic heterocycles. The molecule has 0 unspecified atom stereocenters. The summed E-state index contributed by atoms with van der Waals surface area (Å²) in [4.78, 5) is 32.7. The maximum Gasteiger partial charge on any atom is 0.282 e. The molecule has 2 aromatic carbocycles. The van der Waals surface area contributed by atoms with Gasteiger partial charge >= 0.3 is 0 Å². The van der Waals surface area contributed by atoms with Crippen molar-refractivity contribution < 1.29 is 24.2 Å². The molecular formula is C24H27N3O5. The maximum atomic E-state index is 13.7. The fourth-order valence-electron chi connectivity index (χ4n) is 4.23. The average Bonchev–Trinajstić information content (AvgIpc) is 3.09. The van der Waals surface area contributed by atoms with Gasteiger partial charge in [-0.1, -0.05) is 24.3 Å². The number of ether oxygens (including phenoxy) is 2. The third-order valence-corrected chi connectivity index (χ3v) is 5.85. The fraction of sp³-hybridized carbons (Fsp3) is 0.333. The van der Waals surface area contributed by atoms with Gasteiger partial charge < -0.3 is 19.5 Å². The van der Waals surface area contributed by atoms with Gasteiger partial charge in [-0.2, -0.15) is 0 Å². The molecule has 168 valence electrons. The highest BCUT2D eigenvalue weighted by Gasteiger charge is 2.43. The Morgan fingerprint density at radius 3 is 2.34 bits per heavy atom. The fourth-order valence-corrected chi connectivity index (χ4v) is 4.23. The van der Waals surface area contributed by atoms with Crippen LogP contribution >= 0.6 is 0 Å². The summed E-state index contributed by atoms with van der Waals surface area (Å²) < 4.78 is 10.8. The lowest BCUT2D eigenvalue weighted by molar-refractivity contribution is -0.120. The number of carbonyl (C=O) groups is 2. The third kappa shape index (κ3) is 3.94. The van der Waals surface area contributed by atoms with Crippen LogP contribution < -0.4 is 14.4 Å². The van der Waals surface area contributed by atoms with E-state index in [0.717, 1.165) is 0 Å². The molecule has 0 radical (unpaired) electrons. The van der Waals surface area contributed by atoms with Crippen LogP contribution in [0.25, 0.3) is 5.57 Å². The zero-order valence-corrected chi connectivity index (χ0v) is 18.3. The second kappa shape index (κ2) is 9.42. The molecule has 1 saturated heterocycles. The molecule has 2 aliphatic rings. The molecule has 4 rings (SSSR count). The quantitative estimate of drug-likeness (QED) is 0.659. The third-order valence-electron chi connectivity index (χ3n) is 5.85. The van der Waals surface area contributed by atoms with E-state index in [9.17, 15) is 14.7 Å². The van der Waals surface area contributed by atoms with Gasteiger partial charge in [0.25, 0.3) is 11.8 Å². The molecule has 8 heteroatoms. The van der Waals surface area contributed by atoms with Gasteiger partial charge in [-0.25, -0.2) is 4.90 Å². The summed E-state index contributed by atoms with van der Waals surface area (Å²) in [5, 5.41) is 9.23. The van der Waals surface area contributed by atoms with E-state index < -0.39 is 0 Å². The minimum absolute atomic E-state index is 0.0934. The van der Waals surface area contributed by atoms with E-state index in [2.05, 4.69) is 4.90 Å². The number of nitrogens with zero attached hydrogens (tertiary/aromatic N) is 3. The number of benzene rings is 2. The Morgan fingerprint density at radius 2 is 1.66 bits per heavy atom. The van der Waals surface area contributed by atoms with E-state index in [1.54, 1.807) is 50.6 Å². The van der Waals surface area contributed by atoms with Crippen molar-refractivity contribution in [3.63, 3.8) is 0 Å². The van der Waals surface area contributed by atoms with Crippen LogP contribution in [0.15, 0.2) is 54.2 Å². The van der Waals surface area contributed by atoms with Crippen LogP contribution in [0, 0.1) is 0 Å². The normalized spacial score (nSPS) is 17.3. The van der Waals surface area contributed by atoms with Gasteiger partial charge in [-0.3, -0.25) is 14.5 Å². The van der Waals surface area contributed by atoms with Crippen LogP contribution in [0.4, 0.5) is 5.69 Å². The number of anilines is 1. The van der Waals surface area contributed by atoms with Crippen molar-refractivity contribution in [2.75, 3.05) is 58.5 Å². The molecule has 2 heterocycles. The number of hydrogen-bond donors (Lipinski definition) is 1. The monoisotopic (exact) mass is 437 g/mol. The first-order valence-corrected chi connectivity index (χ1v) is 10.6. The highest BCUT2D eigenvalue weighted by atomic mass is 16.5. The highest BCUT2D eigenvalue weighted by Crippen LogP contribution is 2.39. The first-order chi connectivity index (χ1) is 15.6. The van der Waals surface area contributed by atoms with Crippen LogP contribution in [0.5, 0.6) is 11.5 Å². The number of β-amino-alcohol motifs (C(OH)–C–C–N with tert-alkyl or cyclic N) is 1. The molecule has 32 heavy (non-hydrogen) atoms. The number of aliphatic hydroxyl groups is 1. The number of carbonyl (C=O) groups excluding carboxylic acids is 2. The number of imide groups is 1. The van der Waals surface area contributed by atoms with Crippen molar-refractivity contribution in [1.29, 1.82) is 0 Å². The first kappa shape index (κ1) is 21.9. The minimum atomic E-state index is -0.388. The Labute approximate surface area is 187 Å². The summed E-state index contributed by atoms with van der Waals surface area (Å²) in [6.45, 7) is 3.25. The lowest BCUT2D eigenvalue weighted by Crippen LogP contribution is -2.48. The second-order valence-corrected chi connectivity index (χ2v) is 7.62. The molecular weight excluding hydrogens is 410 g/mol. The molecule has 1 N–H and O–H groups in total. The Balaban J connectivity index is 1.78. The van der Waals surface area contributed by atoms with E-state index >= 15 is 0 Å². The van der Waals surface area contributed by atoms with E-state index in [0.29, 0.717) is 66.7 Å². The van der Waals surface area contributed by atoms with Gasteiger partial charge in [0.1, 0.15) is 17.2 Å². The zero-order chi connectivity index (χ0) is 22.7. The lowest BCUT2D eigenvalue weighted by atomic mass is 10.0. The van der Waals surface area contributed by atoms with Crippen LogP contribution in [0.3, 0.4) is 0 Å². The second-order valence-electron chi connectivity index (χ2n) is 7.62. The Bertz CT molecular complexity index is 1040. The molecule has 2 amide bonds. The Morgan fingerprint density at radius 1 is 0.906 bits per heavy atom. The summed E-state index contributed by atoms with van der Waals surface area (Å²) in [6, 6.07) is 14.2. The van der Waals surface area contributed by atoms with Crippen molar-refractivity contribution in [2.45, 2.75) is 0 Å². The number of hydrogen-bond acceptors (Lipinski definition) is 7. The predicted molar refractivity (Wildman–Crippen MR) is 120 cm³/mol. The number of rotatable bonds is 7. The van der Waals surface area contributed by atoms with Crippen molar-refractivity contribution in [1.82, 2.24) is 9.80 Å². The number of methoxy groups -OCH3 is 2. The van der Waals surface area contributed by atoms with E-state index in [4.69, 9.17) is 9.47 Å². The molecule has 1 fully saturated rings. The molecule has 8 nitrogen and oxygen atoms in total. The maximum absolute atomic E-state index is 13.7. The Hall–Kier alpha value is -3.36. The minimum Gasteiger partial charge on any atom is -0.497 e. The van der Waals surface area contributed by atoms with Gasteiger partial charge in [-0.05, 0) is 18.2 Å². The van der Waals surface area contributed by atoms with Gasteiger partial charge in [0.15, 0.2) is 0 Å². The Kier molecular flexibility index (Phi) is 6.43. The highest BCUT2D eigenvalue weighted by molar-refractivity contribution is 6.45. The largest absolute Gasteiger partial charge is 0.497 e. The molecule has 0 bridgehead atoms. The number of amides is 2. The molecule has 0 aliphatic carbocycles. The van der Waals surface area contributed by atoms with Gasteiger partial charge in [0.2, 0.25) is 0 Å². The molecule has 2 aromatic rings. The smallest absolute Gasteiger partial charge is 0.282 e. The SMILES string of the molecule is COc1cccc(N2C(=O)C(c3ccccc3OC)=C(N3CCN(CCO)CC3)C2=O)c1. The van der Waals surface area contributed by atoms with Crippen LogP contribution in [0.2, 0.25) is 0 Å². The van der Waals surface area contributed by atoms with Crippen LogP contribution in [-0.4, -0.2) is 80.3 Å². The van der Waals surface area contributed by atoms with Crippen molar-refractivity contribution in [2.24, 2.45) is 0 Å². The van der Waals surface area contributed by atoms with Crippen molar-refractivity contribution >= 4 is 23.1 Å². The van der Waals surface area contributed by atoms with Crippen molar-refractivity contribution in [3.05, 3.63) is 59.8 Å². The topological polar surface area (TPSA) is 82.6 Å². The summed E-state index contributed by atoms with van der Waals surface area (Å²) in [5.74, 6) is 0.348. The van der Waals surface area contributed by atoms with Gasteiger partial charge in [0.05, 0.1) is 32.1 Å². The molecule has 0 spiro atoms. The zero-order valence-electron chi connectivity index (χ0n) is 18.3. The first-order valence-electron chi connectivity index (χ1n) is 10.6. The molecule has 0 aromatic heterocycles. The van der Waals surface area contributed by atoms with Crippen molar-refractivity contribution in [3.8, 4) is 11.5 Å². The van der Waals surface area contributed by atoms with Gasteiger partial charge in [-0.15, -0.1) is 0 Å².